The summed E-state index contributed by atoms with van der Waals surface area (Å²) in [5.74, 6) is 0.756. The van der Waals surface area contributed by atoms with Gasteiger partial charge in [0.2, 0.25) is 5.91 Å². The van der Waals surface area contributed by atoms with Crippen molar-refractivity contribution in [2.45, 2.75) is 26.2 Å². The third-order valence-corrected chi connectivity index (χ3v) is 5.14. The van der Waals surface area contributed by atoms with Gasteiger partial charge < -0.3 is 20.5 Å². The standard InChI is InChI=1S/C23H24N4O4/c1-3-30-20-10-15(6-9-19(20)31-13-21(24)28)17-11-22(29)26-23-18(17)12-25-27(23)16-7-4-14(2)5-8-16/h4-10,12,17H,3,11,13H2,1-2H3,(H2,24,28)(H,26,29)/t17-/m0/s1. The zero-order valence-electron chi connectivity index (χ0n) is 17.4. The molecule has 1 aromatic heterocycles. The van der Waals surface area contributed by atoms with Crippen molar-refractivity contribution in [3.63, 3.8) is 0 Å². The molecule has 1 aliphatic heterocycles. The summed E-state index contributed by atoms with van der Waals surface area (Å²) in [7, 11) is 0. The lowest BCUT2D eigenvalue weighted by Crippen LogP contribution is -2.24. The Morgan fingerprint density at radius 1 is 1.19 bits per heavy atom. The van der Waals surface area contributed by atoms with E-state index in [4.69, 9.17) is 15.2 Å². The average molecular weight is 420 g/mol. The van der Waals surface area contributed by atoms with Gasteiger partial charge in [-0.15, -0.1) is 0 Å². The lowest BCUT2D eigenvalue weighted by Gasteiger charge is -2.24. The molecule has 1 atom stereocenters. The predicted molar refractivity (Wildman–Crippen MR) is 116 cm³/mol. The number of amides is 2. The SMILES string of the molecule is CCOc1cc([C@@H]2CC(=O)Nc3c2cnn3-c2ccc(C)cc2)ccc1OCC(N)=O. The van der Waals surface area contributed by atoms with E-state index in [2.05, 4.69) is 10.4 Å². The van der Waals surface area contributed by atoms with E-state index in [0.717, 1.165) is 22.4 Å². The van der Waals surface area contributed by atoms with E-state index in [9.17, 15) is 9.59 Å². The molecule has 8 nitrogen and oxygen atoms in total. The minimum atomic E-state index is -0.566. The van der Waals surface area contributed by atoms with Crippen LogP contribution in [0.4, 0.5) is 5.82 Å². The smallest absolute Gasteiger partial charge is 0.255 e. The maximum Gasteiger partial charge on any atom is 0.255 e. The Labute approximate surface area is 180 Å². The van der Waals surface area contributed by atoms with Gasteiger partial charge in [-0.1, -0.05) is 23.8 Å². The van der Waals surface area contributed by atoms with Crippen LogP contribution in [0, 0.1) is 6.92 Å². The Balaban J connectivity index is 1.71. The molecule has 0 fully saturated rings. The molecule has 3 N–H and O–H groups in total. The van der Waals surface area contributed by atoms with Gasteiger partial charge in [-0.05, 0) is 43.7 Å². The highest BCUT2D eigenvalue weighted by molar-refractivity contribution is 5.94. The second-order valence-electron chi connectivity index (χ2n) is 7.39. The van der Waals surface area contributed by atoms with Crippen LogP contribution in [0.5, 0.6) is 11.5 Å². The summed E-state index contributed by atoms with van der Waals surface area (Å²) in [6.07, 6.45) is 2.08. The average Bonchev–Trinajstić information content (AvgIpc) is 3.16. The Kier molecular flexibility index (Phi) is 5.62. The third kappa shape index (κ3) is 4.23. The molecular formula is C23H24N4O4. The Morgan fingerprint density at radius 3 is 2.68 bits per heavy atom. The number of rotatable bonds is 7. The fourth-order valence-electron chi connectivity index (χ4n) is 3.68. The monoisotopic (exact) mass is 420 g/mol. The van der Waals surface area contributed by atoms with Crippen LogP contribution in [0.2, 0.25) is 0 Å². The van der Waals surface area contributed by atoms with Crippen LogP contribution in [0.15, 0.2) is 48.7 Å². The number of primary amides is 1. The number of nitrogens with one attached hydrogen (secondary N) is 1. The first-order valence-electron chi connectivity index (χ1n) is 10.1. The summed E-state index contributed by atoms with van der Waals surface area (Å²) in [5.41, 5.74) is 9.02. The minimum Gasteiger partial charge on any atom is -0.490 e. The number of fused-ring (bicyclic) bond motifs is 1. The number of carbonyl (C=O) groups is 2. The van der Waals surface area contributed by atoms with Crippen LogP contribution in [0.1, 0.15) is 36.0 Å². The molecule has 8 heteroatoms. The number of nitrogens with two attached hydrogens (primary N) is 1. The first-order valence-corrected chi connectivity index (χ1v) is 10.1. The normalized spacial score (nSPS) is 15.2. The summed E-state index contributed by atoms with van der Waals surface area (Å²) < 4.78 is 12.9. The highest BCUT2D eigenvalue weighted by atomic mass is 16.5. The van der Waals surface area contributed by atoms with E-state index in [0.29, 0.717) is 30.3 Å². The zero-order chi connectivity index (χ0) is 22.0. The molecule has 2 heterocycles. The molecule has 2 amide bonds. The molecule has 0 saturated carbocycles. The molecule has 0 spiro atoms. The van der Waals surface area contributed by atoms with Crippen molar-refractivity contribution in [3.8, 4) is 17.2 Å². The second kappa shape index (κ2) is 8.51. The maximum absolute atomic E-state index is 12.5. The largest absolute Gasteiger partial charge is 0.490 e. The fraction of sp³-hybridized carbons (Fsp3) is 0.261. The van der Waals surface area contributed by atoms with Gasteiger partial charge in [0.15, 0.2) is 18.1 Å². The van der Waals surface area contributed by atoms with E-state index in [-0.39, 0.29) is 18.4 Å². The van der Waals surface area contributed by atoms with Crippen molar-refractivity contribution >= 4 is 17.6 Å². The number of ether oxygens (including phenoxy) is 2. The molecule has 160 valence electrons. The topological polar surface area (TPSA) is 108 Å². The van der Waals surface area contributed by atoms with Crippen LogP contribution < -0.4 is 20.5 Å². The quantitative estimate of drug-likeness (QED) is 0.611. The van der Waals surface area contributed by atoms with Crippen molar-refractivity contribution in [1.82, 2.24) is 9.78 Å². The molecule has 1 aliphatic rings. The van der Waals surface area contributed by atoms with Crippen LogP contribution in [0.3, 0.4) is 0 Å². The van der Waals surface area contributed by atoms with Gasteiger partial charge in [0, 0.05) is 17.9 Å². The highest BCUT2D eigenvalue weighted by Crippen LogP contribution is 2.40. The van der Waals surface area contributed by atoms with Crippen molar-refractivity contribution in [2.24, 2.45) is 5.73 Å². The molecule has 0 radical (unpaired) electrons. The lowest BCUT2D eigenvalue weighted by atomic mass is 9.87. The Bertz CT molecular complexity index is 1120. The number of aromatic nitrogens is 2. The molecule has 3 aromatic rings. The lowest BCUT2D eigenvalue weighted by molar-refractivity contribution is -0.120. The van der Waals surface area contributed by atoms with Gasteiger partial charge in [-0.3, -0.25) is 9.59 Å². The van der Waals surface area contributed by atoms with Gasteiger partial charge in [0.25, 0.3) is 5.91 Å². The van der Waals surface area contributed by atoms with Gasteiger partial charge in [0.05, 0.1) is 18.5 Å². The van der Waals surface area contributed by atoms with E-state index in [1.54, 1.807) is 16.9 Å². The fourth-order valence-corrected chi connectivity index (χ4v) is 3.68. The zero-order valence-corrected chi connectivity index (χ0v) is 17.4. The number of benzene rings is 2. The van der Waals surface area contributed by atoms with Crippen molar-refractivity contribution in [3.05, 3.63) is 65.4 Å². The van der Waals surface area contributed by atoms with Crippen molar-refractivity contribution in [1.29, 1.82) is 0 Å². The number of anilines is 1. The third-order valence-electron chi connectivity index (χ3n) is 5.14. The van der Waals surface area contributed by atoms with Crippen LogP contribution >= 0.6 is 0 Å². The van der Waals surface area contributed by atoms with Gasteiger partial charge in [-0.25, -0.2) is 4.68 Å². The van der Waals surface area contributed by atoms with Crippen LogP contribution in [-0.2, 0) is 9.59 Å². The maximum atomic E-state index is 12.5. The van der Waals surface area contributed by atoms with Crippen molar-refractivity contribution in [2.75, 3.05) is 18.5 Å². The van der Waals surface area contributed by atoms with E-state index >= 15 is 0 Å². The van der Waals surface area contributed by atoms with Gasteiger partial charge >= 0.3 is 0 Å². The summed E-state index contributed by atoms with van der Waals surface area (Å²) in [5, 5.41) is 7.49. The molecule has 31 heavy (non-hydrogen) atoms. The molecule has 0 bridgehead atoms. The first kappa shape index (κ1) is 20.5. The van der Waals surface area contributed by atoms with Crippen LogP contribution in [-0.4, -0.2) is 34.8 Å². The number of hydrogen-bond donors (Lipinski definition) is 2. The van der Waals surface area contributed by atoms with Gasteiger partial charge in [-0.2, -0.15) is 5.10 Å². The number of aryl methyl sites for hydroxylation is 1. The second-order valence-corrected chi connectivity index (χ2v) is 7.39. The first-order chi connectivity index (χ1) is 15.0. The summed E-state index contributed by atoms with van der Waals surface area (Å²) in [4.78, 5) is 23.6. The van der Waals surface area contributed by atoms with Crippen LogP contribution in [0.25, 0.3) is 5.69 Å². The number of carbonyl (C=O) groups excluding carboxylic acids is 2. The summed E-state index contributed by atoms with van der Waals surface area (Å²) in [6.45, 7) is 4.08. The van der Waals surface area contributed by atoms with Crippen molar-refractivity contribution < 1.29 is 19.1 Å². The number of hydrogen-bond acceptors (Lipinski definition) is 5. The Morgan fingerprint density at radius 2 is 1.97 bits per heavy atom. The molecule has 0 saturated heterocycles. The van der Waals surface area contributed by atoms with E-state index in [1.165, 1.54) is 0 Å². The summed E-state index contributed by atoms with van der Waals surface area (Å²) in [6, 6.07) is 13.4. The predicted octanol–water partition coefficient (Wildman–Crippen LogP) is 2.92. The van der Waals surface area contributed by atoms with E-state index in [1.807, 2.05) is 50.2 Å². The molecule has 2 aromatic carbocycles. The molecular weight excluding hydrogens is 396 g/mol. The Hall–Kier alpha value is -3.81. The minimum absolute atomic E-state index is 0.0848. The molecule has 0 unspecified atom stereocenters. The van der Waals surface area contributed by atoms with Gasteiger partial charge in [0.1, 0.15) is 5.82 Å². The highest BCUT2D eigenvalue weighted by Gasteiger charge is 2.31. The molecule has 0 aliphatic carbocycles. The molecule has 4 rings (SSSR count). The number of nitrogens with zero attached hydrogens (tertiary/aromatic N) is 2. The van der Waals surface area contributed by atoms with E-state index < -0.39 is 5.91 Å². The summed E-state index contributed by atoms with van der Waals surface area (Å²) >= 11 is 0.